The fourth-order valence-electron chi connectivity index (χ4n) is 3.98. The molecular weight excluding hydrogens is 494 g/mol. The molecular formula is C27H30ClN5O4. The van der Waals surface area contributed by atoms with Crippen LogP contribution in [0.4, 0.5) is 15.3 Å². The molecule has 37 heavy (non-hydrogen) atoms. The summed E-state index contributed by atoms with van der Waals surface area (Å²) < 4.78 is 4.76. The summed E-state index contributed by atoms with van der Waals surface area (Å²) in [6.45, 7) is 3.51. The molecule has 1 aliphatic carbocycles. The van der Waals surface area contributed by atoms with E-state index >= 15 is 0 Å². The minimum atomic E-state index is -0.983. The maximum absolute atomic E-state index is 13.6. The van der Waals surface area contributed by atoms with Gasteiger partial charge in [-0.05, 0) is 61.2 Å². The molecule has 0 bridgehead atoms. The van der Waals surface area contributed by atoms with Crippen LogP contribution in [0.3, 0.4) is 0 Å². The second-order valence-electron chi connectivity index (χ2n) is 9.35. The van der Waals surface area contributed by atoms with Crippen molar-refractivity contribution < 1.29 is 19.1 Å². The molecule has 0 aromatic heterocycles. The summed E-state index contributed by atoms with van der Waals surface area (Å²) in [5.74, 6) is 12.0. The van der Waals surface area contributed by atoms with Crippen molar-refractivity contribution in [3.8, 4) is 11.8 Å². The fourth-order valence-corrected chi connectivity index (χ4v) is 4.11. The number of halogens is 1. The Bertz CT molecular complexity index is 1250. The number of hydrazine groups is 1. The number of methoxy groups -OCH3 is 1. The van der Waals surface area contributed by atoms with Crippen molar-refractivity contribution in [2.75, 3.05) is 19.0 Å². The number of esters is 1. The Kier molecular flexibility index (Phi) is 7.91. The number of carbonyl (C=O) groups excluding carboxylic acids is 3. The first-order chi connectivity index (χ1) is 17.7. The first-order valence-corrected chi connectivity index (χ1v) is 12.4. The van der Waals surface area contributed by atoms with Crippen molar-refractivity contribution in [2.24, 2.45) is 17.7 Å². The van der Waals surface area contributed by atoms with Crippen LogP contribution < -0.4 is 11.2 Å². The Morgan fingerprint density at radius 1 is 1.19 bits per heavy atom. The molecule has 2 fully saturated rings. The van der Waals surface area contributed by atoms with Gasteiger partial charge in [-0.1, -0.05) is 42.5 Å². The number of carbonyl (C=O) groups is 3. The quantitative estimate of drug-likeness (QED) is 0.244. The molecule has 194 valence electrons. The molecule has 1 heterocycles. The Balaban J connectivity index is 1.61. The molecule has 2 aromatic carbocycles. The zero-order chi connectivity index (χ0) is 26.7. The average Bonchev–Trinajstić information content (AvgIpc) is 3.72. The lowest BCUT2D eigenvalue weighted by Gasteiger charge is -2.45. The van der Waals surface area contributed by atoms with Crippen LogP contribution in [0.5, 0.6) is 0 Å². The number of aryl methyl sites for hydroxylation is 1. The number of nitrogens with zero attached hydrogens (tertiary/aromatic N) is 3. The largest absolute Gasteiger partial charge is 0.469 e. The number of rotatable bonds is 7. The van der Waals surface area contributed by atoms with E-state index in [1.54, 1.807) is 31.2 Å². The van der Waals surface area contributed by atoms with Crippen molar-refractivity contribution in [1.29, 1.82) is 0 Å². The number of hydrogen-bond acceptors (Lipinski definition) is 6. The van der Waals surface area contributed by atoms with Gasteiger partial charge in [0.15, 0.2) is 0 Å². The van der Waals surface area contributed by atoms with Crippen LogP contribution in [0.1, 0.15) is 36.5 Å². The summed E-state index contributed by atoms with van der Waals surface area (Å²) in [6.07, 6.45) is 1.32. The van der Waals surface area contributed by atoms with Crippen LogP contribution in [-0.4, -0.2) is 52.8 Å². The maximum atomic E-state index is 13.6. The van der Waals surface area contributed by atoms with Gasteiger partial charge in [-0.15, -0.1) is 0 Å². The second kappa shape index (κ2) is 11.1. The van der Waals surface area contributed by atoms with Gasteiger partial charge in [0.2, 0.25) is 6.29 Å². The highest BCUT2D eigenvalue weighted by molar-refractivity contribution is 6.30. The number of hydrogen-bond donors (Lipinski definition) is 2. The van der Waals surface area contributed by atoms with Gasteiger partial charge in [-0.25, -0.2) is 25.3 Å². The van der Waals surface area contributed by atoms with Crippen LogP contribution in [0.2, 0.25) is 5.02 Å². The number of imide groups is 1. The zero-order valence-corrected chi connectivity index (χ0v) is 21.8. The number of urea groups is 2. The Labute approximate surface area is 221 Å². The van der Waals surface area contributed by atoms with E-state index in [0.717, 1.165) is 39.4 Å². The minimum absolute atomic E-state index is 0.141. The molecule has 0 radical (unpaired) electrons. The minimum Gasteiger partial charge on any atom is -0.469 e. The van der Waals surface area contributed by atoms with Gasteiger partial charge in [0, 0.05) is 28.7 Å². The SMILES string of the molecule is COC(=O)[C@@H](C)CN1C(=O)N(N)C(Nc2ccc(C#CC3CC3)c(C)c2)N(Cc2ccc(Cl)cc2)C1=O. The molecule has 2 aromatic rings. The summed E-state index contributed by atoms with van der Waals surface area (Å²) in [7, 11) is 1.26. The highest BCUT2D eigenvalue weighted by atomic mass is 35.5. The van der Waals surface area contributed by atoms with E-state index < -0.39 is 30.2 Å². The first-order valence-electron chi connectivity index (χ1n) is 12.0. The lowest BCUT2D eigenvalue weighted by Crippen LogP contribution is -2.70. The van der Waals surface area contributed by atoms with Gasteiger partial charge in [-0.2, -0.15) is 0 Å². The monoisotopic (exact) mass is 523 g/mol. The molecule has 4 rings (SSSR count). The predicted octanol–water partition coefficient (Wildman–Crippen LogP) is 4.15. The number of nitrogens with two attached hydrogens (primary N) is 1. The Morgan fingerprint density at radius 3 is 2.51 bits per heavy atom. The molecule has 1 aliphatic heterocycles. The smallest absolute Gasteiger partial charge is 0.345 e. The summed E-state index contributed by atoms with van der Waals surface area (Å²) in [4.78, 5) is 41.1. The van der Waals surface area contributed by atoms with E-state index in [1.807, 2.05) is 25.1 Å². The number of ether oxygens (including phenoxy) is 1. The number of nitrogens with one attached hydrogen (secondary N) is 1. The summed E-state index contributed by atoms with van der Waals surface area (Å²) in [5, 5.41) is 4.74. The molecule has 1 unspecified atom stereocenters. The summed E-state index contributed by atoms with van der Waals surface area (Å²) >= 11 is 6.03. The molecule has 1 saturated heterocycles. The standard InChI is InChI=1S/C27H30ClN5O4/c1-17-14-23(13-10-21(17)9-6-19-4-5-19)30-25-31(16-20-7-11-22(28)12-8-20)26(35)32(27(36)33(25)29)15-18(2)24(34)37-3/h7-8,10-14,18-19,25,30H,4-5,15-16,29H2,1-3H3/t18-,25?/m0/s1. The highest BCUT2D eigenvalue weighted by Gasteiger charge is 2.44. The normalized spacial score (nSPS) is 18.3. The highest BCUT2D eigenvalue weighted by Crippen LogP contribution is 2.28. The Morgan fingerprint density at radius 2 is 1.89 bits per heavy atom. The lowest BCUT2D eigenvalue weighted by atomic mass is 10.1. The predicted molar refractivity (Wildman–Crippen MR) is 140 cm³/mol. The number of amides is 4. The van der Waals surface area contributed by atoms with E-state index in [1.165, 1.54) is 12.0 Å². The van der Waals surface area contributed by atoms with Crippen LogP contribution in [0.15, 0.2) is 42.5 Å². The fraction of sp³-hybridized carbons (Fsp3) is 0.370. The average molecular weight is 524 g/mol. The van der Waals surface area contributed by atoms with E-state index in [-0.39, 0.29) is 13.1 Å². The molecule has 3 N–H and O–H groups in total. The zero-order valence-electron chi connectivity index (χ0n) is 21.0. The number of anilines is 1. The molecule has 2 atom stereocenters. The molecule has 10 heteroatoms. The van der Waals surface area contributed by atoms with Crippen molar-refractivity contribution >= 4 is 35.3 Å². The molecule has 0 spiro atoms. The molecule has 4 amide bonds. The topological polar surface area (TPSA) is 108 Å². The van der Waals surface area contributed by atoms with Crippen molar-refractivity contribution in [1.82, 2.24) is 14.8 Å². The van der Waals surface area contributed by atoms with Gasteiger partial charge in [-0.3, -0.25) is 9.69 Å². The van der Waals surface area contributed by atoms with Gasteiger partial charge >= 0.3 is 18.0 Å². The molecule has 9 nitrogen and oxygen atoms in total. The van der Waals surface area contributed by atoms with Gasteiger partial charge < -0.3 is 10.1 Å². The van der Waals surface area contributed by atoms with E-state index in [0.29, 0.717) is 16.6 Å². The molecule has 2 aliphatic rings. The van der Waals surface area contributed by atoms with Crippen LogP contribution >= 0.6 is 11.6 Å². The third-order valence-corrected chi connectivity index (χ3v) is 6.58. The van der Waals surface area contributed by atoms with Gasteiger partial charge in [0.05, 0.1) is 19.6 Å². The van der Waals surface area contributed by atoms with Gasteiger partial charge in [0.25, 0.3) is 0 Å². The third kappa shape index (κ3) is 6.16. The lowest BCUT2D eigenvalue weighted by molar-refractivity contribution is -0.145. The second-order valence-corrected chi connectivity index (χ2v) is 9.79. The van der Waals surface area contributed by atoms with Crippen LogP contribution in [0, 0.1) is 30.6 Å². The van der Waals surface area contributed by atoms with E-state index in [9.17, 15) is 14.4 Å². The van der Waals surface area contributed by atoms with E-state index in [4.69, 9.17) is 22.2 Å². The van der Waals surface area contributed by atoms with Crippen LogP contribution in [0.25, 0.3) is 0 Å². The molecule has 1 saturated carbocycles. The Hall–Kier alpha value is -3.74. The van der Waals surface area contributed by atoms with E-state index in [2.05, 4.69) is 17.2 Å². The summed E-state index contributed by atoms with van der Waals surface area (Å²) in [6, 6.07) is 11.4. The van der Waals surface area contributed by atoms with Gasteiger partial charge in [0.1, 0.15) is 0 Å². The third-order valence-electron chi connectivity index (χ3n) is 6.32. The number of benzene rings is 2. The van der Waals surface area contributed by atoms with Crippen LogP contribution in [-0.2, 0) is 16.1 Å². The van der Waals surface area contributed by atoms with Crippen molar-refractivity contribution in [3.05, 3.63) is 64.2 Å². The summed E-state index contributed by atoms with van der Waals surface area (Å²) in [5.41, 5.74) is 3.36. The van der Waals surface area contributed by atoms with Crippen molar-refractivity contribution in [2.45, 2.75) is 39.5 Å². The first kappa shape index (κ1) is 26.3. The maximum Gasteiger partial charge on any atom is 0.345 e. The van der Waals surface area contributed by atoms with Crippen molar-refractivity contribution in [3.63, 3.8) is 0 Å².